The summed E-state index contributed by atoms with van der Waals surface area (Å²) >= 11 is 13.3. The van der Waals surface area contributed by atoms with Gasteiger partial charge in [0.1, 0.15) is 10.8 Å². The molecule has 1 aliphatic rings. The van der Waals surface area contributed by atoms with Crippen LogP contribution in [0, 0.1) is 0 Å². The van der Waals surface area contributed by atoms with Gasteiger partial charge in [-0.15, -0.1) is 0 Å². The molecule has 0 unspecified atom stereocenters. The first-order valence-corrected chi connectivity index (χ1v) is 7.32. The molecular formula is C11H12Cl2N2O2S. The summed E-state index contributed by atoms with van der Waals surface area (Å²) in [6.45, 7) is 0.198. The lowest BCUT2D eigenvalue weighted by Gasteiger charge is -2.21. The van der Waals surface area contributed by atoms with E-state index in [1.165, 1.54) is 12.1 Å². The second-order valence-electron chi connectivity index (χ2n) is 4.17. The fourth-order valence-corrected chi connectivity index (χ4v) is 3.28. The van der Waals surface area contributed by atoms with Crippen LogP contribution in [0.15, 0.2) is 12.1 Å². The Morgan fingerprint density at radius 1 is 1.56 bits per heavy atom. The molecule has 1 aromatic rings. The third-order valence-corrected chi connectivity index (χ3v) is 4.44. The average Bonchev–Trinajstić information content (AvgIpc) is 2.77. The number of thioether (sulfide) groups is 1. The van der Waals surface area contributed by atoms with E-state index in [4.69, 9.17) is 23.2 Å². The number of halogens is 2. The number of hydrogen-bond donors (Lipinski definition) is 2. The van der Waals surface area contributed by atoms with E-state index in [0.717, 1.165) is 5.75 Å². The lowest BCUT2D eigenvalue weighted by atomic mass is 10.0. The predicted octanol–water partition coefficient (Wildman–Crippen LogP) is 1.99. The van der Waals surface area contributed by atoms with Gasteiger partial charge in [0.15, 0.2) is 0 Å². The normalized spacial score (nSPS) is 23.1. The van der Waals surface area contributed by atoms with E-state index in [2.05, 4.69) is 10.3 Å². The van der Waals surface area contributed by atoms with Crippen LogP contribution in [0.5, 0.6) is 0 Å². The fraction of sp³-hybridized carbons (Fsp3) is 0.455. The summed E-state index contributed by atoms with van der Waals surface area (Å²) in [6.07, 6.45) is 0.675. The van der Waals surface area contributed by atoms with E-state index < -0.39 is 11.5 Å². The van der Waals surface area contributed by atoms with E-state index in [9.17, 15) is 9.90 Å². The highest BCUT2D eigenvalue weighted by Crippen LogP contribution is 2.27. The van der Waals surface area contributed by atoms with Crippen LogP contribution in [0.2, 0.25) is 10.2 Å². The van der Waals surface area contributed by atoms with Gasteiger partial charge < -0.3 is 10.4 Å². The average molecular weight is 307 g/mol. The lowest BCUT2D eigenvalue weighted by molar-refractivity contribution is 0.0611. The summed E-state index contributed by atoms with van der Waals surface area (Å²) in [7, 11) is 0. The van der Waals surface area contributed by atoms with Gasteiger partial charge in [-0.05, 0) is 24.3 Å². The smallest absolute Gasteiger partial charge is 0.271 e. The molecule has 0 aromatic carbocycles. The molecule has 1 aliphatic heterocycles. The number of carbonyl (C=O) groups is 1. The van der Waals surface area contributed by atoms with Crippen LogP contribution in [0.1, 0.15) is 16.9 Å². The van der Waals surface area contributed by atoms with Crippen LogP contribution in [0.3, 0.4) is 0 Å². The molecule has 18 heavy (non-hydrogen) atoms. The van der Waals surface area contributed by atoms with Crippen molar-refractivity contribution in [2.24, 2.45) is 0 Å². The highest BCUT2D eigenvalue weighted by Gasteiger charge is 2.32. The molecule has 2 N–H and O–H groups in total. The molecule has 1 fully saturated rings. The number of hydrogen-bond acceptors (Lipinski definition) is 4. The van der Waals surface area contributed by atoms with Gasteiger partial charge in [0, 0.05) is 12.3 Å². The highest BCUT2D eigenvalue weighted by molar-refractivity contribution is 7.99. The van der Waals surface area contributed by atoms with Crippen LogP contribution in [0.4, 0.5) is 0 Å². The second kappa shape index (κ2) is 5.65. The molecule has 0 saturated carbocycles. The molecule has 2 heterocycles. The van der Waals surface area contributed by atoms with Crippen LogP contribution < -0.4 is 5.32 Å². The van der Waals surface area contributed by atoms with Gasteiger partial charge in [-0.3, -0.25) is 4.79 Å². The van der Waals surface area contributed by atoms with Crippen molar-refractivity contribution in [3.05, 3.63) is 28.0 Å². The lowest BCUT2D eigenvalue weighted by Crippen LogP contribution is -2.43. The summed E-state index contributed by atoms with van der Waals surface area (Å²) < 4.78 is 0. The quantitative estimate of drug-likeness (QED) is 0.838. The molecule has 1 aromatic heterocycles. The third kappa shape index (κ3) is 3.29. The van der Waals surface area contributed by atoms with Crippen LogP contribution in [0.25, 0.3) is 0 Å². The Balaban J connectivity index is 2.01. The van der Waals surface area contributed by atoms with Crippen LogP contribution >= 0.6 is 35.0 Å². The van der Waals surface area contributed by atoms with E-state index in [0.29, 0.717) is 12.2 Å². The molecule has 0 bridgehead atoms. The van der Waals surface area contributed by atoms with E-state index in [1.54, 1.807) is 11.8 Å². The number of nitrogens with one attached hydrogen (secondary N) is 1. The Labute approximate surface area is 119 Å². The SMILES string of the molecule is O=C(NC[C@@]1(O)CCSC1)c1nc(Cl)ccc1Cl. The van der Waals surface area contributed by atoms with Crippen molar-refractivity contribution in [1.82, 2.24) is 10.3 Å². The van der Waals surface area contributed by atoms with Crippen LogP contribution in [-0.4, -0.2) is 39.6 Å². The Morgan fingerprint density at radius 2 is 2.33 bits per heavy atom. The third-order valence-electron chi connectivity index (χ3n) is 2.69. The molecule has 0 spiro atoms. The topological polar surface area (TPSA) is 62.2 Å². The molecule has 0 aliphatic carbocycles. The van der Waals surface area contributed by atoms with Gasteiger partial charge in [-0.25, -0.2) is 4.98 Å². The Hall–Kier alpha value is -0.490. The number of carbonyl (C=O) groups excluding carboxylic acids is 1. The van der Waals surface area contributed by atoms with Gasteiger partial charge in [0.25, 0.3) is 5.91 Å². The monoisotopic (exact) mass is 306 g/mol. The maximum Gasteiger partial charge on any atom is 0.271 e. The van der Waals surface area contributed by atoms with Crippen molar-refractivity contribution in [3.63, 3.8) is 0 Å². The molecule has 98 valence electrons. The Kier molecular flexibility index (Phi) is 4.37. The van der Waals surface area contributed by atoms with Gasteiger partial charge in [0.05, 0.1) is 10.6 Å². The van der Waals surface area contributed by atoms with Gasteiger partial charge in [0.2, 0.25) is 0 Å². The number of nitrogens with zero attached hydrogens (tertiary/aromatic N) is 1. The standard InChI is InChI=1S/C11H12Cl2N2O2S/c12-7-1-2-8(13)15-9(7)10(16)14-5-11(17)3-4-18-6-11/h1-2,17H,3-6H2,(H,14,16)/t11-/m0/s1. The minimum absolute atomic E-state index is 0.0819. The van der Waals surface area contributed by atoms with Gasteiger partial charge in [-0.1, -0.05) is 23.2 Å². The fourth-order valence-electron chi connectivity index (χ4n) is 1.64. The molecule has 1 atom stereocenters. The summed E-state index contributed by atoms with van der Waals surface area (Å²) in [4.78, 5) is 15.8. The van der Waals surface area contributed by atoms with Crippen molar-refractivity contribution in [1.29, 1.82) is 0 Å². The largest absolute Gasteiger partial charge is 0.387 e. The first kappa shape index (κ1) is 13.9. The van der Waals surface area contributed by atoms with Gasteiger partial charge >= 0.3 is 0 Å². The zero-order valence-corrected chi connectivity index (χ0v) is 11.8. The molecule has 0 radical (unpaired) electrons. The van der Waals surface area contributed by atoms with E-state index in [1.807, 2.05) is 0 Å². The summed E-state index contributed by atoms with van der Waals surface area (Å²) in [5.41, 5.74) is -0.746. The molecule has 1 amide bonds. The maximum atomic E-state index is 11.9. The zero-order valence-electron chi connectivity index (χ0n) is 9.45. The van der Waals surface area contributed by atoms with Gasteiger partial charge in [-0.2, -0.15) is 11.8 Å². The van der Waals surface area contributed by atoms with E-state index >= 15 is 0 Å². The predicted molar refractivity (Wildman–Crippen MR) is 73.5 cm³/mol. The Morgan fingerprint density at radius 3 is 3.00 bits per heavy atom. The number of aromatic nitrogens is 1. The summed E-state index contributed by atoms with van der Waals surface area (Å²) in [5, 5.41) is 13.2. The number of amides is 1. The summed E-state index contributed by atoms with van der Waals surface area (Å²) in [5.74, 6) is 1.11. The van der Waals surface area contributed by atoms with Crippen molar-refractivity contribution in [2.75, 3.05) is 18.1 Å². The molecule has 7 heteroatoms. The highest BCUT2D eigenvalue weighted by atomic mass is 35.5. The van der Waals surface area contributed by atoms with Crippen molar-refractivity contribution < 1.29 is 9.90 Å². The Bertz CT molecular complexity index is 464. The first-order chi connectivity index (χ1) is 8.50. The minimum atomic E-state index is -0.828. The minimum Gasteiger partial charge on any atom is -0.387 e. The summed E-state index contributed by atoms with van der Waals surface area (Å²) in [6, 6.07) is 3.04. The molecule has 4 nitrogen and oxygen atoms in total. The number of rotatable bonds is 3. The first-order valence-electron chi connectivity index (χ1n) is 5.41. The maximum absolute atomic E-state index is 11.9. The van der Waals surface area contributed by atoms with Crippen molar-refractivity contribution >= 4 is 40.9 Å². The number of aliphatic hydroxyl groups is 1. The van der Waals surface area contributed by atoms with E-state index in [-0.39, 0.29) is 22.4 Å². The molecular weight excluding hydrogens is 295 g/mol. The number of pyridine rings is 1. The molecule has 1 saturated heterocycles. The van der Waals surface area contributed by atoms with Crippen molar-refractivity contribution in [2.45, 2.75) is 12.0 Å². The van der Waals surface area contributed by atoms with Crippen molar-refractivity contribution in [3.8, 4) is 0 Å². The van der Waals surface area contributed by atoms with Crippen LogP contribution in [-0.2, 0) is 0 Å². The second-order valence-corrected chi connectivity index (χ2v) is 6.07. The molecule has 2 rings (SSSR count). The zero-order chi connectivity index (χ0) is 13.2.